The fourth-order valence-electron chi connectivity index (χ4n) is 3.24. The van der Waals surface area contributed by atoms with Crippen LogP contribution in [0.2, 0.25) is 0 Å². The van der Waals surface area contributed by atoms with Gasteiger partial charge < -0.3 is 4.98 Å². The van der Waals surface area contributed by atoms with Crippen molar-refractivity contribution in [3.8, 4) is 11.1 Å². The number of hydrogen-bond donors (Lipinski definition) is 1. The van der Waals surface area contributed by atoms with Gasteiger partial charge in [-0.1, -0.05) is 41.6 Å². The Balaban J connectivity index is 1.68. The van der Waals surface area contributed by atoms with Gasteiger partial charge in [0.1, 0.15) is 10.7 Å². The predicted molar refractivity (Wildman–Crippen MR) is 121 cm³/mol. The molecule has 148 valence electrons. The zero-order chi connectivity index (χ0) is 20.7. The molecule has 1 N–H and O–H groups in total. The molecule has 4 rings (SSSR count). The maximum atomic E-state index is 12.9. The number of aromatic amines is 1. The van der Waals surface area contributed by atoms with Crippen LogP contribution in [-0.2, 0) is 5.75 Å². The smallest absolute Gasteiger partial charge is 0.260 e. The van der Waals surface area contributed by atoms with E-state index in [4.69, 9.17) is 4.98 Å². The molecule has 7 heteroatoms. The summed E-state index contributed by atoms with van der Waals surface area (Å²) < 4.78 is 0. The first kappa shape index (κ1) is 19.8. The molecule has 3 aromatic heterocycles. The van der Waals surface area contributed by atoms with Gasteiger partial charge in [-0.15, -0.1) is 11.3 Å². The number of hydrogen-bond acceptors (Lipinski definition) is 6. The van der Waals surface area contributed by atoms with Gasteiger partial charge in [0.15, 0.2) is 5.16 Å². The first-order valence-electron chi connectivity index (χ1n) is 9.37. The lowest BCUT2D eigenvalue weighted by molar-refractivity contribution is 0.878. The minimum atomic E-state index is -0.0947. The fraction of sp³-hybridized carbons (Fsp3) is 0.273. The van der Waals surface area contributed by atoms with E-state index in [1.807, 2.05) is 27.7 Å². The Morgan fingerprint density at radius 3 is 2.28 bits per heavy atom. The number of rotatable bonds is 4. The Bertz CT molecular complexity index is 1250. The summed E-state index contributed by atoms with van der Waals surface area (Å²) in [6.45, 7) is 10.1. The van der Waals surface area contributed by atoms with Crippen molar-refractivity contribution >= 4 is 33.3 Å². The molecule has 0 unspecified atom stereocenters. The number of aryl methyl sites for hydroxylation is 4. The molecular weight excluding hydrogens is 400 g/mol. The molecule has 0 atom stereocenters. The second kappa shape index (κ2) is 7.72. The highest BCUT2D eigenvalue weighted by Gasteiger charge is 2.17. The average molecular weight is 423 g/mol. The van der Waals surface area contributed by atoms with Gasteiger partial charge in [0.2, 0.25) is 0 Å². The van der Waals surface area contributed by atoms with Crippen LogP contribution in [-0.4, -0.2) is 19.9 Å². The zero-order valence-electron chi connectivity index (χ0n) is 17.1. The van der Waals surface area contributed by atoms with E-state index in [9.17, 15) is 4.79 Å². The summed E-state index contributed by atoms with van der Waals surface area (Å²) in [6.07, 6.45) is 0. The van der Waals surface area contributed by atoms with Crippen LogP contribution in [0.15, 0.2) is 34.2 Å². The minimum absolute atomic E-state index is 0.0947. The third-order valence-electron chi connectivity index (χ3n) is 5.08. The van der Waals surface area contributed by atoms with Crippen molar-refractivity contribution in [3.05, 3.63) is 67.8 Å². The Morgan fingerprint density at radius 1 is 0.966 bits per heavy atom. The predicted octanol–water partition coefficient (Wildman–Crippen LogP) is 5.28. The quantitative estimate of drug-likeness (QED) is 0.358. The van der Waals surface area contributed by atoms with Crippen molar-refractivity contribution in [3.63, 3.8) is 0 Å². The van der Waals surface area contributed by atoms with Gasteiger partial charge in [-0.25, -0.2) is 15.0 Å². The molecule has 0 amide bonds. The molecule has 0 aliphatic carbocycles. The van der Waals surface area contributed by atoms with Crippen LogP contribution in [0.3, 0.4) is 0 Å². The summed E-state index contributed by atoms with van der Waals surface area (Å²) in [6, 6.07) is 8.26. The summed E-state index contributed by atoms with van der Waals surface area (Å²) in [5, 5.41) is 1.37. The van der Waals surface area contributed by atoms with E-state index in [0.717, 1.165) is 37.8 Å². The van der Waals surface area contributed by atoms with E-state index >= 15 is 0 Å². The Labute approximate surface area is 177 Å². The van der Waals surface area contributed by atoms with Crippen LogP contribution in [0.25, 0.3) is 21.3 Å². The third kappa shape index (κ3) is 3.84. The molecule has 29 heavy (non-hydrogen) atoms. The molecule has 3 heterocycles. The first-order chi connectivity index (χ1) is 13.8. The lowest BCUT2D eigenvalue weighted by atomic mass is 10.0. The second-order valence-electron chi connectivity index (χ2n) is 7.18. The summed E-state index contributed by atoms with van der Waals surface area (Å²) in [4.78, 5) is 31.5. The van der Waals surface area contributed by atoms with E-state index < -0.39 is 0 Å². The molecule has 0 bridgehead atoms. The van der Waals surface area contributed by atoms with Crippen molar-refractivity contribution in [2.45, 2.75) is 45.5 Å². The molecular formula is C22H22N4OS2. The number of aromatic nitrogens is 4. The van der Waals surface area contributed by atoms with Crippen LogP contribution in [0.4, 0.5) is 0 Å². The number of thioether (sulfide) groups is 1. The van der Waals surface area contributed by atoms with Crippen molar-refractivity contribution in [1.29, 1.82) is 0 Å². The molecule has 0 saturated heterocycles. The number of nitrogens with one attached hydrogen (secondary N) is 1. The molecule has 1 aromatic carbocycles. The van der Waals surface area contributed by atoms with Gasteiger partial charge in [-0.3, -0.25) is 4.79 Å². The highest BCUT2D eigenvalue weighted by Crippen LogP contribution is 2.35. The van der Waals surface area contributed by atoms with Crippen molar-refractivity contribution < 1.29 is 0 Å². The Hall–Kier alpha value is -2.51. The normalized spacial score (nSPS) is 11.3. The number of H-pyrrole nitrogens is 1. The maximum absolute atomic E-state index is 12.9. The number of benzene rings is 1. The topological polar surface area (TPSA) is 71.5 Å². The van der Waals surface area contributed by atoms with E-state index in [0.29, 0.717) is 22.1 Å². The molecule has 5 nitrogen and oxygen atoms in total. The molecule has 0 saturated carbocycles. The Morgan fingerprint density at radius 2 is 1.62 bits per heavy atom. The molecule has 4 aromatic rings. The number of fused-ring (bicyclic) bond motifs is 1. The van der Waals surface area contributed by atoms with Crippen molar-refractivity contribution in [2.75, 3.05) is 0 Å². The first-order valence-corrected chi connectivity index (χ1v) is 11.2. The standard InChI is InChI=1S/C22H22N4OS2/c1-11-6-8-16(9-7-11)18-15(5)29-21-19(18)20(27)25-17(26-21)10-28-22-23-13(3)12(2)14(4)24-22/h6-9H,10H2,1-5H3,(H,25,26,27). The van der Waals surface area contributed by atoms with Gasteiger partial charge in [0.25, 0.3) is 5.56 Å². The minimum Gasteiger partial charge on any atom is -0.309 e. The average Bonchev–Trinajstić information content (AvgIpc) is 3.01. The monoisotopic (exact) mass is 422 g/mol. The van der Waals surface area contributed by atoms with E-state index in [1.54, 1.807) is 11.3 Å². The van der Waals surface area contributed by atoms with E-state index in [1.165, 1.54) is 17.3 Å². The lowest BCUT2D eigenvalue weighted by Crippen LogP contribution is -2.11. The molecule has 0 spiro atoms. The number of thiophene rings is 1. The van der Waals surface area contributed by atoms with Crippen LogP contribution >= 0.6 is 23.1 Å². The van der Waals surface area contributed by atoms with Crippen molar-refractivity contribution in [2.24, 2.45) is 0 Å². The molecule has 0 aliphatic heterocycles. The van der Waals surface area contributed by atoms with Crippen LogP contribution in [0, 0.1) is 34.6 Å². The highest BCUT2D eigenvalue weighted by molar-refractivity contribution is 7.98. The molecule has 0 radical (unpaired) electrons. The SMILES string of the molecule is Cc1ccc(-c2c(C)sc3nc(CSc4nc(C)c(C)c(C)n4)[nH]c(=O)c23)cc1. The van der Waals surface area contributed by atoms with Crippen LogP contribution in [0.1, 0.15) is 33.2 Å². The van der Waals surface area contributed by atoms with E-state index in [-0.39, 0.29) is 5.56 Å². The number of nitrogens with zero attached hydrogens (tertiary/aromatic N) is 3. The van der Waals surface area contributed by atoms with Gasteiger partial charge in [0, 0.05) is 21.8 Å². The molecule has 0 fully saturated rings. The van der Waals surface area contributed by atoms with Crippen LogP contribution in [0.5, 0.6) is 0 Å². The Kier molecular flexibility index (Phi) is 5.27. The van der Waals surface area contributed by atoms with Gasteiger partial charge in [0.05, 0.1) is 11.1 Å². The fourth-order valence-corrected chi connectivity index (χ4v) is 5.11. The lowest BCUT2D eigenvalue weighted by Gasteiger charge is -2.06. The van der Waals surface area contributed by atoms with Gasteiger partial charge in [-0.2, -0.15) is 0 Å². The van der Waals surface area contributed by atoms with Crippen molar-refractivity contribution in [1.82, 2.24) is 19.9 Å². The molecule has 0 aliphatic rings. The summed E-state index contributed by atoms with van der Waals surface area (Å²) >= 11 is 3.05. The maximum Gasteiger partial charge on any atom is 0.260 e. The third-order valence-corrected chi connectivity index (χ3v) is 6.94. The van der Waals surface area contributed by atoms with Gasteiger partial charge in [-0.05, 0) is 45.7 Å². The second-order valence-corrected chi connectivity index (χ2v) is 9.33. The summed E-state index contributed by atoms with van der Waals surface area (Å²) in [7, 11) is 0. The zero-order valence-corrected chi connectivity index (χ0v) is 18.7. The largest absolute Gasteiger partial charge is 0.309 e. The summed E-state index contributed by atoms with van der Waals surface area (Å²) in [5.41, 5.74) is 6.20. The summed E-state index contributed by atoms with van der Waals surface area (Å²) in [5.74, 6) is 1.16. The highest BCUT2D eigenvalue weighted by atomic mass is 32.2. The van der Waals surface area contributed by atoms with Crippen LogP contribution < -0.4 is 5.56 Å². The van der Waals surface area contributed by atoms with Gasteiger partial charge >= 0.3 is 0 Å². The van der Waals surface area contributed by atoms with E-state index in [2.05, 4.69) is 46.1 Å².